The van der Waals surface area contributed by atoms with E-state index in [4.69, 9.17) is 4.74 Å². The maximum Gasteiger partial charge on any atom is 0.416 e. The van der Waals surface area contributed by atoms with Gasteiger partial charge in [0.1, 0.15) is 6.33 Å². The van der Waals surface area contributed by atoms with Crippen molar-refractivity contribution in [3.05, 3.63) is 76.4 Å². The fourth-order valence-electron chi connectivity index (χ4n) is 6.24. The fourth-order valence-corrected chi connectivity index (χ4v) is 6.24. The first kappa shape index (κ1) is 26.9. The molecule has 3 aromatic rings. The Hall–Kier alpha value is -3.31. The summed E-state index contributed by atoms with van der Waals surface area (Å²) in [6.07, 6.45) is -1.87. The minimum Gasteiger partial charge on any atom is -0.379 e. The standard InChI is InChI=1S/C29H31F4N5O2/c1-17(35-27(2)9-6-10-27)18-11-19-20(22(12-18)29(31,32)33)13-38(26(19)39)23-8-5-4-7-21(23)28(14-40-15-28)24(30)25-36-34-16-37(25)3/h4-5,7-8,11-12,16-17,24,35H,6,9-10,13-15H2,1-3H3. The van der Waals surface area contributed by atoms with Crippen LogP contribution in [0, 0.1) is 0 Å². The molecule has 2 atom stereocenters. The lowest BCUT2D eigenvalue weighted by molar-refractivity contribution is -0.138. The van der Waals surface area contributed by atoms with Crippen LogP contribution in [0.25, 0.3) is 0 Å². The van der Waals surface area contributed by atoms with Crippen molar-refractivity contribution in [2.75, 3.05) is 18.1 Å². The van der Waals surface area contributed by atoms with E-state index in [0.29, 0.717) is 16.8 Å². The van der Waals surface area contributed by atoms with E-state index in [2.05, 4.69) is 22.4 Å². The molecule has 3 heterocycles. The van der Waals surface area contributed by atoms with Crippen LogP contribution in [0.5, 0.6) is 0 Å². The molecule has 1 saturated carbocycles. The number of ether oxygens (including phenoxy) is 1. The van der Waals surface area contributed by atoms with Crippen LogP contribution in [0.4, 0.5) is 23.2 Å². The number of fused-ring (bicyclic) bond motifs is 1. The van der Waals surface area contributed by atoms with Crippen LogP contribution < -0.4 is 10.2 Å². The third-order valence-corrected chi connectivity index (χ3v) is 8.80. The van der Waals surface area contributed by atoms with Gasteiger partial charge in [-0.25, -0.2) is 4.39 Å². The molecule has 40 heavy (non-hydrogen) atoms. The Morgan fingerprint density at radius 3 is 2.45 bits per heavy atom. The van der Waals surface area contributed by atoms with E-state index >= 15 is 4.39 Å². The number of benzene rings is 2. The van der Waals surface area contributed by atoms with Crippen molar-refractivity contribution in [1.29, 1.82) is 0 Å². The summed E-state index contributed by atoms with van der Waals surface area (Å²) in [5.41, 5.74) is -0.891. The quantitative estimate of drug-likeness (QED) is 0.385. The number of amides is 1. The molecule has 2 aliphatic heterocycles. The van der Waals surface area contributed by atoms with Crippen LogP contribution in [0.15, 0.2) is 42.7 Å². The zero-order valence-corrected chi connectivity index (χ0v) is 22.6. The summed E-state index contributed by atoms with van der Waals surface area (Å²) in [6, 6.07) is 9.14. The molecule has 1 N–H and O–H groups in total. The van der Waals surface area contributed by atoms with Crippen molar-refractivity contribution < 1.29 is 27.1 Å². The zero-order valence-electron chi connectivity index (χ0n) is 22.6. The van der Waals surface area contributed by atoms with Gasteiger partial charge in [0.05, 0.1) is 30.7 Å². The van der Waals surface area contributed by atoms with Gasteiger partial charge in [0.25, 0.3) is 5.91 Å². The summed E-state index contributed by atoms with van der Waals surface area (Å²) in [5, 5.41) is 11.2. The second kappa shape index (κ2) is 9.37. The van der Waals surface area contributed by atoms with E-state index in [1.807, 2.05) is 6.92 Å². The number of hydrogen-bond acceptors (Lipinski definition) is 5. The zero-order chi connectivity index (χ0) is 28.4. The lowest BCUT2D eigenvalue weighted by atomic mass is 9.73. The number of halogens is 4. The molecule has 11 heteroatoms. The molecule has 2 aromatic carbocycles. The van der Waals surface area contributed by atoms with Crippen molar-refractivity contribution >= 4 is 11.6 Å². The average molecular weight is 558 g/mol. The van der Waals surface area contributed by atoms with Gasteiger partial charge in [-0.05, 0) is 68.0 Å². The van der Waals surface area contributed by atoms with Gasteiger partial charge >= 0.3 is 6.18 Å². The molecule has 1 aliphatic carbocycles. The second-order valence-corrected chi connectivity index (χ2v) is 11.6. The summed E-state index contributed by atoms with van der Waals surface area (Å²) in [6.45, 7) is 3.69. The minimum absolute atomic E-state index is 0.0241. The Labute approximate surface area is 229 Å². The minimum atomic E-state index is -4.64. The Morgan fingerprint density at radius 1 is 1.15 bits per heavy atom. The number of aryl methyl sites for hydroxylation is 1. The smallest absolute Gasteiger partial charge is 0.379 e. The molecular weight excluding hydrogens is 526 g/mol. The number of aromatic nitrogens is 3. The number of alkyl halides is 4. The number of nitrogens with zero attached hydrogens (tertiary/aromatic N) is 4. The number of rotatable bonds is 7. The number of para-hydroxylation sites is 1. The number of nitrogens with one attached hydrogen (secondary N) is 1. The Morgan fingerprint density at radius 2 is 1.88 bits per heavy atom. The van der Waals surface area contributed by atoms with E-state index in [-0.39, 0.29) is 48.3 Å². The van der Waals surface area contributed by atoms with Gasteiger partial charge < -0.3 is 19.5 Å². The van der Waals surface area contributed by atoms with Crippen molar-refractivity contribution in [2.45, 2.75) is 69.0 Å². The van der Waals surface area contributed by atoms with Crippen LogP contribution in [0.2, 0.25) is 0 Å². The molecule has 0 radical (unpaired) electrons. The van der Waals surface area contributed by atoms with Crippen molar-refractivity contribution in [3.63, 3.8) is 0 Å². The van der Waals surface area contributed by atoms with Crippen molar-refractivity contribution in [1.82, 2.24) is 20.1 Å². The average Bonchev–Trinajstić information content (AvgIpc) is 3.44. The molecule has 0 spiro atoms. The molecule has 6 rings (SSSR count). The Kier molecular flexibility index (Phi) is 6.30. The molecule has 1 amide bonds. The van der Waals surface area contributed by atoms with Crippen molar-refractivity contribution in [2.24, 2.45) is 7.05 Å². The monoisotopic (exact) mass is 557 g/mol. The fraction of sp³-hybridized carbons (Fsp3) is 0.483. The maximum atomic E-state index is 16.1. The third-order valence-electron chi connectivity index (χ3n) is 8.80. The van der Waals surface area contributed by atoms with Gasteiger partial charge in [0.2, 0.25) is 0 Å². The van der Waals surface area contributed by atoms with Gasteiger partial charge in [0, 0.05) is 29.9 Å². The maximum absolute atomic E-state index is 16.1. The number of anilines is 1. The molecule has 1 saturated heterocycles. The SMILES string of the molecule is CC(NC1(C)CCC1)c1cc2c(c(C(F)(F)F)c1)CN(c1ccccc1C1(C(F)c3nncn3C)COC1)C2=O. The molecule has 2 unspecified atom stereocenters. The van der Waals surface area contributed by atoms with Crippen LogP contribution in [0.1, 0.15) is 83.8 Å². The first-order chi connectivity index (χ1) is 18.9. The van der Waals surface area contributed by atoms with Crippen LogP contribution >= 0.6 is 0 Å². The summed E-state index contributed by atoms with van der Waals surface area (Å²) < 4.78 is 66.1. The van der Waals surface area contributed by atoms with Gasteiger partial charge in [-0.3, -0.25) is 4.79 Å². The summed E-state index contributed by atoms with van der Waals surface area (Å²) in [7, 11) is 1.64. The van der Waals surface area contributed by atoms with E-state index in [1.54, 1.807) is 37.4 Å². The first-order valence-corrected chi connectivity index (χ1v) is 13.4. The van der Waals surface area contributed by atoms with Gasteiger partial charge in [0.15, 0.2) is 12.0 Å². The van der Waals surface area contributed by atoms with Gasteiger partial charge in [-0.1, -0.05) is 18.2 Å². The molecule has 7 nitrogen and oxygen atoms in total. The molecule has 0 bridgehead atoms. The molecular formula is C29H31F4N5O2. The first-order valence-electron chi connectivity index (χ1n) is 13.4. The van der Waals surface area contributed by atoms with E-state index in [1.165, 1.54) is 15.8 Å². The molecule has 2 fully saturated rings. The summed E-state index contributed by atoms with van der Waals surface area (Å²) in [4.78, 5) is 15.2. The van der Waals surface area contributed by atoms with E-state index in [0.717, 1.165) is 25.3 Å². The van der Waals surface area contributed by atoms with E-state index in [9.17, 15) is 18.0 Å². The Bertz CT molecular complexity index is 1460. The highest BCUT2D eigenvalue weighted by molar-refractivity contribution is 6.11. The van der Waals surface area contributed by atoms with Gasteiger partial charge in [-0.2, -0.15) is 13.2 Å². The predicted octanol–water partition coefficient (Wildman–Crippen LogP) is 5.57. The van der Waals surface area contributed by atoms with Crippen LogP contribution in [-0.4, -0.2) is 39.4 Å². The van der Waals surface area contributed by atoms with Gasteiger partial charge in [-0.15, -0.1) is 10.2 Å². The summed E-state index contributed by atoms with van der Waals surface area (Å²) in [5.74, 6) is -0.430. The van der Waals surface area contributed by atoms with E-state index < -0.39 is 29.2 Å². The van der Waals surface area contributed by atoms with Crippen LogP contribution in [0.3, 0.4) is 0 Å². The van der Waals surface area contributed by atoms with Crippen LogP contribution in [-0.2, 0) is 29.9 Å². The number of hydrogen-bond donors (Lipinski definition) is 1. The molecule has 212 valence electrons. The number of carbonyl (C=O) groups excluding carboxylic acids is 1. The highest BCUT2D eigenvalue weighted by Crippen LogP contribution is 2.50. The highest BCUT2D eigenvalue weighted by atomic mass is 19.4. The Balaban J connectivity index is 1.40. The summed E-state index contributed by atoms with van der Waals surface area (Å²) >= 11 is 0. The lowest BCUT2D eigenvalue weighted by Crippen LogP contribution is -2.51. The topological polar surface area (TPSA) is 72.3 Å². The third kappa shape index (κ3) is 4.21. The largest absolute Gasteiger partial charge is 0.416 e. The van der Waals surface area contributed by atoms with Crippen molar-refractivity contribution in [3.8, 4) is 0 Å². The lowest BCUT2D eigenvalue weighted by Gasteiger charge is -2.45. The molecule has 1 aromatic heterocycles. The second-order valence-electron chi connectivity index (χ2n) is 11.6. The normalized spacial score (nSPS) is 21.0. The molecule has 3 aliphatic rings. The highest BCUT2D eigenvalue weighted by Gasteiger charge is 2.53. The number of carbonyl (C=O) groups is 1. The predicted molar refractivity (Wildman–Crippen MR) is 140 cm³/mol.